The van der Waals surface area contributed by atoms with Crippen molar-refractivity contribution in [2.75, 3.05) is 24.6 Å². The first-order valence-electron chi connectivity index (χ1n) is 16.3. The van der Waals surface area contributed by atoms with Crippen LogP contribution in [-0.4, -0.2) is 68.4 Å². The zero-order valence-corrected chi connectivity index (χ0v) is 27.9. The molecule has 3 heterocycles. The van der Waals surface area contributed by atoms with Crippen molar-refractivity contribution in [3.05, 3.63) is 126 Å². The van der Waals surface area contributed by atoms with Crippen LogP contribution in [0.3, 0.4) is 0 Å². The Kier molecular flexibility index (Phi) is 9.44. The van der Waals surface area contributed by atoms with Gasteiger partial charge in [0.1, 0.15) is 6.04 Å². The largest absolute Gasteiger partial charge is 0.394 e. The second-order valence-electron chi connectivity index (χ2n) is 12.9. The molecule has 3 saturated heterocycles. The number of fused-ring (bicyclic) bond motifs is 1. The molecule has 3 aromatic rings. The first kappa shape index (κ1) is 32.8. The number of benzene rings is 3. The van der Waals surface area contributed by atoms with Crippen molar-refractivity contribution in [1.82, 2.24) is 9.80 Å². The van der Waals surface area contributed by atoms with Gasteiger partial charge in [0.25, 0.3) is 5.91 Å². The van der Waals surface area contributed by atoms with Crippen LogP contribution in [0.1, 0.15) is 41.1 Å². The lowest BCUT2D eigenvalue weighted by molar-refractivity contribution is -0.145. The molecule has 3 amide bonds. The molecule has 3 aromatic carbocycles. The highest BCUT2D eigenvalue weighted by atomic mass is 32.2. The predicted octanol–water partition coefficient (Wildman–Crippen LogP) is 5.86. The molecule has 1 N–H and O–H groups in total. The molecular formula is C39H43N3O4S. The van der Waals surface area contributed by atoms with Crippen LogP contribution in [0.5, 0.6) is 0 Å². The summed E-state index contributed by atoms with van der Waals surface area (Å²) in [5.74, 6) is -1.82. The van der Waals surface area contributed by atoms with E-state index in [2.05, 4.69) is 13.2 Å². The monoisotopic (exact) mass is 649 g/mol. The van der Waals surface area contributed by atoms with Gasteiger partial charge < -0.3 is 19.8 Å². The summed E-state index contributed by atoms with van der Waals surface area (Å²) >= 11 is 1.64. The number of nitrogens with zero attached hydrogens (tertiary/aromatic N) is 3. The van der Waals surface area contributed by atoms with Crippen molar-refractivity contribution in [3.63, 3.8) is 0 Å². The number of likely N-dealkylation sites (tertiary alicyclic amines) is 1. The minimum absolute atomic E-state index is 0.0861. The van der Waals surface area contributed by atoms with Gasteiger partial charge in [-0.3, -0.25) is 14.4 Å². The molecule has 3 aliphatic heterocycles. The highest BCUT2D eigenvalue weighted by Gasteiger charge is 2.74. The zero-order valence-electron chi connectivity index (χ0n) is 27.1. The number of hydrogen-bond acceptors (Lipinski definition) is 5. The van der Waals surface area contributed by atoms with E-state index in [-0.39, 0.29) is 36.1 Å². The predicted molar refractivity (Wildman–Crippen MR) is 188 cm³/mol. The van der Waals surface area contributed by atoms with Crippen molar-refractivity contribution < 1.29 is 19.5 Å². The fourth-order valence-electron chi connectivity index (χ4n) is 8.01. The van der Waals surface area contributed by atoms with E-state index in [0.717, 1.165) is 34.4 Å². The van der Waals surface area contributed by atoms with E-state index in [0.29, 0.717) is 19.5 Å². The Labute approximate surface area is 281 Å². The van der Waals surface area contributed by atoms with Crippen LogP contribution in [0.25, 0.3) is 0 Å². The molecule has 2 unspecified atom stereocenters. The Balaban J connectivity index is 1.46. The normalized spacial score (nSPS) is 24.9. The number of aryl methyl sites for hydroxylation is 2. The summed E-state index contributed by atoms with van der Waals surface area (Å²) in [5.41, 5.74) is 4.48. The van der Waals surface area contributed by atoms with Crippen LogP contribution in [0.15, 0.2) is 104 Å². The van der Waals surface area contributed by atoms with Crippen LogP contribution < -0.4 is 4.90 Å². The van der Waals surface area contributed by atoms with Crippen molar-refractivity contribution in [2.45, 2.75) is 55.3 Å². The fourth-order valence-corrected chi connectivity index (χ4v) is 10.2. The summed E-state index contributed by atoms with van der Waals surface area (Å²) in [7, 11) is 0. The van der Waals surface area contributed by atoms with Crippen LogP contribution in [0, 0.1) is 25.7 Å². The number of rotatable bonds is 12. The maximum Gasteiger partial charge on any atom is 0.251 e. The van der Waals surface area contributed by atoms with Gasteiger partial charge in [0, 0.05) is 30.6 Å². The van der Waals surface area contributed by atoms with Gasteiger partial charge in [0.15, 0.2) is 0 Å². The van der Waals surface area contributed by atoms with Crippen LogP contribution in [0.2, 0.25) is 0 Å². The van der Waals surface area contributed by atoms with Crippen LogP contribution in [0.4, 0.5) is 5.69 Å². The number of anilines is 1. The molecule has 1 spiro atoms. The summed E-state index contributed by atoms with van der Waals surface area (Å²) in [6, 6.07) is 23.6. The third-order valence-corrected chi connectivity index (χ3v) is 12.0. The van der Waals surface area contributed by atoms with E-state index < -0.39 is 28.7 Å². The van der Waals surface area contributed by atoms with Crippen molar-refractivity contribution >= 4 is 35.2 Å². The highest BCUT2D eigenvalue weighted by molar-refractivity contribution is 8.02. The second kappa shape index (κ2) is 13.5. The average molecular weight is 650 g/mol. The Morgan fingerprint density at radius 3 is 2.34 bits per heavy atom. The number of aliphatic hydroxyl groups excluding tert-OH is 1. The van der Waals surface area contributed by atoms with Crippen molar-refractivity contribution in [2.24, 2.45) is 11.8 Å². The number of carbonyl (C=O) groups excluding carboxylic acids is 3. The molecule has 0 aromatic heterocycles. The summed E-state index contributed by atoms with van der Waals surface area (Å²) in [4.78, 5) is 49.9. The van der Waals surface area contributed by atoms with Gasteiger partial charge in [-0.1, -0.05) is 84.9 Å². The third kappa shape index (κ3) is 5.72. The Morgan fingerprint density at radius 1 is 1.00 bits per heavy atom. The molecule has 3 fully saturated rings. The number of amides is 3. The molecule has 8 heteroatoms. The number of hydrogen-bond donors (Lipinski definition) is 1. The lowest BCUT2D eigenvalue weighted by Gasteiger charge is -2.40. The van der Waals surface area contributed by atoms with Crippen LogP contribution in [-0.2, 0) is 20.9 Å². The first-order chi connectivity index (χ1) is 22.7. The average Bonchev–Trinajstić information content (AvgIpc) is 3.73. The standard InChI is InChI=1S/C39H43N3O4S/c1-5-21-40(24-28-13-9-7-10-14-28)36(44)33-32-19-20-39(47-32)34(33)37(45)42(31(25-43)29-15-11-8-12-16-29)35(39)38(46)41(22-6-2)30-23-26(3)17-18-27(30)4/h5-18,23,31-35,43H,1-2,19-22,24-25H2,3-4H3/t31-,32-,33+,34+,35?,39?/m1/s1. The summed E-state index contributed by atoms with van der Waals surface area (Å²) < 4.78 is -0.814. The van der Waals surface area contributed by atoms with E-state index in [1.54, 1.807) is 38.6 Å². The molecule has 7 nitrogen and oxygen atoms in total. The van der Waals surface area contributed by atoms with Gasteiger partial charge in [-0.25, -0.2) is 0 Å². The number of carbonyl (C=O) groups is 3. The van der Waals surface area contributed by atoms with Crippen LogP contribution >= 0.6 is 11.8 Å². The van der Waals surface area contributed by atoms with Gasteiger partial charge in [0.05, 0.1) is 29.2 Å². The molecule has 3 aliphatic rings. The molecule has 0 saturated carbocycles. The van der Waals surface area contributed by atoms with E-state index in [1.807, 2.05) is 92.7 Å². The molecule has 47 heavy (non-hydrogen) atoms. The molecule has 6 atom stereocenters. The Hall–Kier alpha value is -4.14. The van der Waals surface area contributed by atoms with Crippen molar-refractivity contribution in [1.29, 1.82) is 0 Å². The molecule has 0 radical (unpaired) electrons. The van der Waals surface area contributed by atoms with Gasteiger partial charge in [-0.15, -0.1) is 24.9 Å². The third-order valence-electron chi connectivity index (χ3n) is 10.1. The summed E-state index contributed by atoms with van der Waals surface area (Å²) in [5, 5.41) is 10.8. The molecular weight excluding hydrogens is 607 g/mol. The zero-order chi connectivity index (χ0) is 33.3. The quantitative estimate of drug-likeness (QED) is 0.249. The van der Waals surface area contributed by atoms with Gasteiger partial charge in [0.2, 0.25) is 11.8 Å². The Morgan fingerprint density at radius 2 is 1.68 bits per heavy atom. The van der Waals surface area contributed by atoms with Gasteiger partial charge in [-0.05, 0) is 55.0 Å². The minimum atomic E-state index is -0.882. The highest BCUT2D eigenvalue weighted by Crippen LogP contribution is 2.67. The van der Waals surface area contributed by atoms with Gasteiger partial charge >= 0.3 is 0 Å². The van der Waals surface area contributed by atoms with E-state index in [4.69, 9.17) is 0 Å². The smallest absolute Gasteiger partial charge is 0.251 e. The van der Waals surface area contributed by atoms with E-state index in [9.17, 15) is 14.7 Å². The second-order valence-corrected chi connectivity index (χ2v) is 14.5. The number of aliphatic hydroxyl groups is 1. The fraction of sp³-hybridized carbons (Fsp3) is 0.359. The Bertz CT molecular complexity index is 1660. The molecule has 6 rings (SSSR count). The SMILES string of the molecule is C=CCN(Cc1ccccc1)C(=O)[C@@H]1[C@H]2C(=O)N([C@H](CO)c3ccccc3)C(C(=O)N(CC=C)c3cc(C)ccc3C)C23CC[C@H]1S3. The summed E-state index contributed by atoms with van der Waals surface area (Å²) in [6.07, 6.45) is 4.80. The van der Waals surface area contributed by atoms with E-state index >= 15 is 4.79 Å². The molecule has 244 valence electrons. The topological polar surface area (TPSA) is 81.2 Å². The molecule has 0 aliphatic carbocycles. The lowest BCUT2D eigenvalue weighted by atomic mass is 9.70. The van der Waals surface area contributed by atoms with Gasteiger partial charge in [-0.2, -0.15) is 0 Å². The maximum absolute atomic E-state index is 15.2. The lowest BCUT2D eigenvalue weighted by Crippen LogP contribution is -2.56. The van der Waals surface area contributed by atoms with E-state index in [1.165, 1.54) is 0 Å². The molecule has 2 bridgehead atoms. The summed E-state index contributed by atoms with van der Waals surface area (Å²) in [6.45, 7) is 12.5. The minimum Gasteiger partial charge on any atom is -0.394 e. The first-order valence-corrected chi connectivity index (χ1v) is 17.2. The van der Waals surface area contributed by atoms with Crippen molar-refractivity contribution in [3.8, 4) is 0 Å². The maximum atomic E-state index is 15.2. The number of thioether (sulfide) groups is 1.